The first-order chi connectivity index (χ1) is 6.30. The Hall–Kier alpha value is -0.350. The van der Waals surface area contributed by atoms with Gasteiger partial charge in [-0.1, -0.05) is 0 Å². The Morgan fingerprint density at radius 1 is 1.62 bits per heavy atom. The van der Waals surface area contributed by atoms with E-state index >= 15 is 0 Å². The molecule has 1 aromatic rings. The van der Waals surface area contributed by atoms with E-state index in [4.69, 9.17) is 4.74 Å². The van der Waals surface area contributed by atoms with Crippen molar-refractivity contribution in [3.05, 3.63) is 16.9 Å². The van der Waals surface area contributed by atoms with Gasteiger partial charge in [-0.15, -0.1) is 0 Å². The van der Waals surface area contributed by atoms with Crippen LogP contribution in [0, 0.1) is 0 Å². The molecule has 1 spiro atoms. The van der Waals surface area contributed by atoms with Crippen LogP contribution in [0.15, 0.2) is 16.9 Å². The Morgan fingerprint density at radius 3 is 3.08 bits per heavy atom. The van der Waals surface area contributed by atoms with Crippen LogP contribution < -0.4 is 0 Å². The molecule has 4 heteroatoms. The van der Waals surface area contributed by atoms with Crippen molar-refractivity contribution in [2.24, 2.45) is 0 Å². The number of rotatable bonds is 1. The highest BCUT2D eigenvalue weighted by Gasteiger charge is 2.55. The first-order valence-electron chi connectivity index (χ1n) is 4.64. The van der Waals surface area contributed by atoms with Gasteiger partial charge in [-0.3, -0.25) is 4.68 Å². The largest absolute Gasteiger partial charge is 0.373 e. The summed E-state index contributed by atoms with van der Waals surface area (Å²) >= 11 is 3.41. The quantitative estimate of drug-likeness (QED) is 0.755. The molecule has 1 aromatic heterocycles. The molecule has 1 saturated heterocycles. The van der Waals surface area contributed by atoms with Crippen LogP contribution in [0.25, 0.3) is 0 Å². The zero-order valence-electron chi connectivity index (χ0n) is 7.24. The van der Waals surface area contributed by atoms with Gasteiger partial charge >= 0.3 is 0 Å². The highest BCUT2D eigenvalue weighted by Crippen LogP contribution is 2.53. The van der Waals surface area contributed by atoms with Gasteiger partial charge in [0.1, 0.15) is 0 Å². The van der Waals surface area contributed by atoms with Crippen molar-refractivity contribution < 1.29 is 4.74 Å². The smallest absolute Gasteiger partial charge is 0.0908 e. The SMILES string of the molecule is Brc1cnn(C2CCOC23CC3)c1. The number of aromatic nitrogens is 2. The average Bonchev–Trinajstić information content (AvgIpc) is 2.55. The molecule has 0 N–H and O–H groups in total. The molecule has 0 aromatic carbocycles. The van der Waals surface area contributed by atoms with Crippen LogP contribution in [0.1, 0.15) is 25.3 Å². The van der Waals surface area contributed by atoms with Gasteiger partial charge in [-0.2, -0.15) is 5.10 Å². The molecule has 1 atom stereocenters. The Kier molecular flexibility index (Phi) is 1.58. The monoisotopic (exact) mass is 242 g/mol. The molecular formula is C9H11BrN2O. The van der Waals surface area contributed by atoms with Gasteiger partial charge in [0.25, 0.3) is 0 Å². The molecule has 1 saturated carbocycles. The van der Waals surface area contributed by atoms with E-state index in [9.17, 15) is 0 Å². The summed E-state index contributed by atoms with van der Waals surface area (Å²) < 4.78 is 8.85. The predicted octanol–water partition coefficient (Wildman–Crippen LogP) is 2.14. The van der Waals surface area contributed by atoms with Crippen LogP contribution in [-0.4, -0.2) is 22.0 Å². The van der Waals surface area contributed by atoms with E-state index in [1.54, 1.807) is 0 Å². The maximum absolute atomic E-state index is 5.75. The molecular weight excluding hydrogens is 232 g/mol. The summed E-state index contributed by atoms with van der Waals surface area (Å²) in [4.78, 5) is 0. The molecule has 1 aliphatic heterocycles. The van der Waals surface area contributed by atoms with Gasteiger partial charge in [0.15, 0.2) is 0 Å². The molecule has 1 unspecified atom stereocenters. The summed E-state index contributed by atoms with van der Waals surface area (Å²) in [5, 5.41) is 4.32. The lowest BCUT2D eigenvalue weighted by Crippen LogP contribution is -2.21. The number of hydrogen-bond donors (Lipinski definition) is 0. The zero-order valence-corrected chi connectivity index (χ0v) is 8.83. The van der Waals surface area contributed by atoms with Gasteiger partial charge in [0.2, 0.25) is 0 Å². The summed E-state index contributed by atoms with van der Waals surface area (Å²) in [5.74, 6) is 0. The molecule has 70 valence electrons. The molecule has 0 bridgehead atoms. The van der Waals surface area contributed by atoms with E-state index in [0.29, 0.717) is 6.04 Å². The molecule has 2 heterocycles. The fourth-order valence-corrected chi connectivity index (χ4v) is 2.49. The topological polar surface area (TPSA) is 27.1 Å². The fraction of sp³-hybridized carbons (Fsp3) is 0.667. The number of hydrogen-bond acceptors (Lipinski definition) is 2. The highest BCUT2D eigenvalue weighted by molar-refractivity contribution is 9.10. The number of ether oxygens (including phenoxy) is 1. The summed E-state index contributed by atoms with van der Waals surface area (Å²) in [6.45, 7) is 0.891. The van der Waals surface area contributed by atoms with Crippen molar-refractivity contribution in [2.75, 3.05) is 6.61 Å². The third-order valence-corrected chi connectivity index (χ3v) is 3.43. The maximum atomic E-state index is 5.75. The zero-order chi connectivity index (χ0) is 8.89. The van der Waals surface area contributed by atoms with E-state index in [0.717, 1.165) is 17.5 Å². The highest BCUT2D eigenvalue weighted by atomic mass is 79.9. The van der Waals surface area contributed by atoms with Crippen LogP contribution in [0.4, 0.5) is 0 Å². The summed E-state index contributed by atoms with van der Waals surface area (Å²) in [5.41, 5.74) is 0.158. The van der Waals surface area contributed by atoms with Crippen LogP contribution in [0.3, 0.4) is 0 Å². The normalized spacial score (nSPS) is 29.8. The lowest BCUT2D eigenvalue weighted by molar-refractivity contribution is 0.0680. The standard InChI is InChI=1S/C9H11BrN2O/c10-7-5-11-12(6-7)8-1-4-13-9(8)2-3-9/h5-6,8H,1-4H2. The predicted molar refractivity (Wildman–Crippen MR) is 51.5 cm³/mol. The lowest BCUT2D eigenvalue weighted by Gasteiger charge is -2.17. The molecule has 2 fully saturated rings. The third-order valence-electron chi connectivity index (χ3n) is 3.02. The Labute approximate surface area is 85.2 Å². The third kappa shape index (κ3) is 1.15. The fourth-order valence-electron chi connectivity index (χ4n) is 2.19. The van der Waals surface area contributed by atoms with Gasteiger partial charge in [0.05, 0.1) is 22.3 Å². The van der Waals surface area contributed by atoms with Crippen molar-refractivity contribution in [3.63, 3.8) is 0 Å². The van der Waals surface area contributed by atoms with Crippen molar-refractivity contribution in [3.8, 4) is 0 Å². The van der Waals surface area contributed by atoms with Crippen molar-refractivity contribution in [1.29, 1.82) is 0 Å². The first kappa shape index (κ1) is 8.00. The van der Waals surface area contributed by atoms with E-state index in [1.165, 1.54) is 12.8 Å². The van der Waals surface area contributed by atoms with Crippen LogP contribution in [-0.2, 0) is 4.74 Å². The van der Waals surface area contributed by atoms with Crippen molar-refractivity contribution in [2.45, 2.75) is 30.9 Å². The molecule has 1 aliphatic carbocycles. The second-order valence-electron chi connectivity index (χ2n) is 3.86. The second-order valence-corrected chi connectivity index (χ2v) is 4.77. The van der Waals surface area contributed by atoms with E-state index in [1.807, 2.05) is 17.1 Å². The second kappa shape index (κ2) is 2.58. The first-order valence-corrected chi connectivity index (χ1v) is 5.43. The Morgan fingerprint density at radius 2 is 2.46 bits per heavy atom. The summed E-state index contributed by atoms with van der Waals surface area (Å²) in [6.07, 6.45) is 7.40. The number of nitrogens with zero attached hydrogens (tertiary/aromatic N) is 2. The van der Waals surface area contributed by atoms with Crippen molar-refractivity contribution >= 4 is 15.9 Å². The summed E-state index contributed by atoms with van der Waals surface area (Å²) in [7, 11) is 0. The Balaban J connectivity index is 1.92. The lowest BCUT2D eigenvalue weighted by atomic mass is 10.1. The van der Waals surface area contributed by atoms with Crippen LogP contribution in [0.2, 0.25) is 0 Å². The average molecular weight is 243 g/mol. The van der Waals surface area contributed by atoms with Gasteiger partial charge < -0.3 is 4.74 Å². The maximum Gasteiger partial charge on any atom is 0.0908 e. The summed E-state index contributed by atoms with van der Waals surface area (Å²) in [6, 6.07) is 0.471. The molecule has 0 amide bonds. The molecule has 2 aliphatic rings. The van der Waals surface area contributed by atoms with Gasteiger partial charge in [-0.25, -0.2) is 0 Å². The molecule has 3 rings (SSSR count). The minimum atomic E-state index is 0.158. The van der Waals surface area contributed by atoms with E-state index < -0.39 is 0 Å². The van der Waals surface area contributed by atoms with E-state index in [-0.39, 0.29) is 5.60 Å². The minimum Gasteiger partial charge on any atom is -0.373 e. The Bertz CT molecular complexity index is 332. The number of halogens is 1. The van der Waals surface area contributed by atoms with Crippen LogP contribution in [0.5, 0.6) is 0 Å². The van der Waals surface area contributed by atoms with Gasteiger partial charge in [-0.05, 0) is 35.2 Å². The van der Waals surface area contributed by atoms with E-state index in [2.05, 4.69) is 21.0 Å². The van der Waals surface area contributed by atoms with Gasteiger partial charge in [0, 0.05) is 12.8 Å². The molecule has 13 heavy (non-hydrogen) atoms. The molecule has 3 nitrogen and oxygen atoms in total. The van der Waals surface area contributed by atoms with Crippen molar-refractivity contribution in [1.82, 2.24) is 9.78 Å². The molecule has 0 radical (unpaired) electrons. The van der Waals surface area contributed by atoms with Crippen LogP contribution >= 0.6 is 15.9 Å². The minimum absolute atomic E-state index is 0.158.